The van der Waals surface area contributed by atoms with Crippen molar-refractivity contribution in [2.75, 3.05) is 13.1 Å². The highest BCUT2D eigenvalue weighted by Crippen LogP contribution is 2.38. The third kappa shape index (κ3) is 2.62. The molecule has 26 heavy (non-hydrogen) atoms. The monoisotopic (exact) mass is 352 g/mol. The van der Waals surface area contributed by atoms with Gasteiger partial charge in [0.15, 0.2) is 5.78 Å². The predicted molar refractivity (Wildman–Crippen MR) is 95.8 cm³/mol. The van der Waals surface area contributed by atoms with Crippen LogP contribution in [0.5, 0.6) is 5.75 Å². The van der Waals surface area contributed by atoms with Gasteiger partial charge in [-0.1, -0.05) is 12.1 Å². The first-order chi connectivity index (χ1) is 12.4. The number of hydrogen-bond donors (Lipinski definition) is 1. The molecule has 2 aliphatic rings. The largest absolute Gasteiger partial charge is 0.484 e. The number of nitrogens with one attached hydrogen (secondary N) is 1. The first-order valence-electron chi connectivity index (χ1n) is 8.70. The Morgan fingerprint density at radius 2 is 2.00 bits per heavy atom. The Morgan fingerprint density at radius 3 is 2.77 bits per heavy atom. The highest BCUT2D eigenvalue weighted by molar-refractivity contribution is 6.00. The van der Waals surface area contributed by atoms with Crippen LogP contribution in [0, 0.1) is 13.8 Å². The second-order valence-electron chi connectivity index (χ2n) is 7.20. The Bertz CT molecular complexity index is 978. The molecule has 0 saturated carbocycles. The van der Waals surface area contributed by atoms with Gasteiger partial charge in [-0.15, -0.1) is 0 Å². The van der Waals surface area contributed by atoms with E-state index in [4.69, 9.17) is 4.74 Å². The number of aryl methyl sites for hydroxylation is 2. The highest BCUT2D eigenvalue weighted by Gasteiger charge is 2.47. The summed E-state index contributed by atoms with van der Waals surface area (Å²) in [6, 6.07) is 8.98. The molecule has 1 fully saturated rings. The van der Waals surface area contributed by atoms with Crippen LogP contribution < -0.4 is 10.3 Å². The molecule has 1 aromatic carbocycles. The molecule has 6 nitrogen and oxygen atoms in total. The van der Waals surface area contributed by atoms with Crippen molar-refractivity contribution in [1.29, 1.82) is 0 Å². The summed E-state index contributed by atoms with van der Waals surface area (Å²) in [5.41, 5.74) is 1.05. The van der Waals surface area contributed by atoms with E-state index in [1.165, 1.54) is 0 Å². The number of hydrogen-bond acceptors (Lipinski definition) is 4. The molecule has 1 amide bonds. The Kier molecular flexibility index (Phi) is 3.72. The number of para-hydroxylation sites is 1. The van der Waals surface area contributed by atoms with Gasteiger partial charge in [0.2, 0.25) is 0 Å². The number of aromatic amines is 1. The molecule has 1 aromatic heterocycles. The lowest BCUT2D eigenvalue weighted by Crippen LogP contribution is -2.45. The van der Waals surface area contributed by atoms with Crippen molar-refractivity contribution in [3.05, 3.63) is 63.1 Å². The number of amides is 1. The third-order valence-electron chi connectivity index (χ3n) is 5.18. The second kappa shape index (κ2) is 5.83. The maximum absolute atomic E-state index is 12.9. The first kappa shape index (κ1) is 16.6. The normalized spacial score (nSPS) is 21.6. The van der Waals surface area contributed by atoms with Gasteiger partial charge in [0.05, 0.1) is 18.5 Å². The van der Waals surface area contributed by atoms with E-state index >= 15 is 0 Å². The van der Waals surface area contributed by atoms with Crippen molar-refractivity contribution in [3.8, 4) is 5.75 Å². The molecule has 1 spiro atoms. The number of Topliss-reactive ketones (excluding diaryl/α,β-unsaturated/α-hetero) is 1. The molecule has 2 aromatic rings. The lowest BCUT2D eigenvalue weighted by atomic mass is 9.89. The summed E-state index contributed by atoms with van der Waals surface area (Å²) in [6.45, 7) is 4.31. The maximum atomic E-state index is 12.9. The van der Waals surface area contributed by atoms with Gasteiger partial charge in [-0.2, -0.15) is 0 Å². The Balaban J connectivity index is 1.61. The highest BCUT2D eigenvalue weighted by atomic mass is 16.5. The minimum atomic E-state index is -0.702. The quantitative estimate of drug-likeness (QED) is 0.854. The minimum Gasteiger partial charge on any atom is -0.484 e. The molecular formula is C20H20N2O4. The van der Waals surface area contributed by atoms with Gasteiger partial charge >= 0.3 is 0 Å². The van der Waals surface area contributed by atoms with Crippen molar-refractivity contribution in [1.82, 2.24) is 9.88 Å². The number of ether oxygens (including phenoxy) is 1. The first-order valence-corrected chi connectivity index (χ1v) is 8.70. The molecule has 0 aliphatic carbocycles. The van der Waals surface area contributed by atoms with E-state index in [1.54, 1.807) is 36.9 Å². The van der Waals surface area contributed by atoms with Crippen LogP contribution in [0.1, 0.15) is 44.8 Å². The number of pyridine rings is 1. The van der Waals surface area contributed by atoms with Crippen LogP contribution in [-0.4, -0.2) is 40.3 Å². The smallest absolute Gasteiger partial charge is 0.261 e. The molecule has 0 radical (unpaired) electrons. The summed E-state index contributed by atoms with van der Waals surface area (Å²) >= 11 is 0. The van der Waals surface area contributed by atoms with Crippen molar-refractivity contribution >= 4 is 11.7 Å². The fraction of sp³-hybridized carbons (Fsp3) is 0.350. The van der Waals surface area contributed by atoms with Gasteiger partial charge < -0.3 is 14.6 Å². The van der Waals surface area contributed by atoms with Crippen LogP contribution in [0.2, 0.25) is 0 Å². The summed E-state index contributed by atoms with van der Waals surface area (Å²) in [5, 5.41) is 0. The van der Waals surface area contributed by atoms with E-state index in [1.807, 2.05) is 12.1 Å². The zero-order valence-electron chi connectivity index (χ0n) is 14.8. The van der Waals surface area contributed by atoms with Gasteiger partial charge in [0, 0.05) is 18.7 Å². The molecule has 6 heteroatoms. The topological polar surface area (TPSA) is 79.5 Å². The minimum absolute atomic E-state index is 0.0329. The average molecular weight is 352 g/mol. The lowest BCUT2D eigenvalue weighted by molar-refractivity contribution is 0.0428. The number of fused-ring (bicyclic) bond motifs is 1. The van der Waals surface area contributed by atoms with E-state index in [0.29, 0.717) is 36.4 Å². The van der Waals surface area contributed by atoms with Gasteiger partial charge in [-0.3, -0.25) is 14.4 Å². The van der Waals surface area contributed by atoms with Gasteiger partial charge in [-0.25, -0.2) is 0 Å². The molecule has 3 heterocycles. The van der Waals surface area contributed by atoms with Crippen LogP contribution in [0.4, 0.5) is 0 Å². The molecular weight excluding hydrogens is 332 g/mol. The number of nitrogens with zero attached hydrogens (tertiary/aromatic N) is 1. The average Bonchev–Trinajstić information content (AvgIpc) is 2.97. The lowest BCUT2D eigenvalue weighted by Gasteiger charge is -2.34. The van der Waals surface area contributed by atoms with E-state index in [-0.39, 0.29) is 29.2 Å². The third-order valence-corrected chi connectivity index (χ3v) is 5.18. The molecule has 4 rings (SSSR count). The summed E-state index contributed by atoms with van der Waals surface area (Å²) in [6.07, 6.45) is 0.818. The Labute approximate surface area is 150 Å². The van der Waals surface area contributed by atoms with Crippen molar-refractivity contribution in [2.45, 2.75) is 32.3 Å². The number of rotatable bonds is 1. The molecule has 1 N–H and O–H groups in total. The summed E-state index contributed by atoms with van der Waals surface area (Å²) in [7, 11) is 0. The zero-order chi connectivity index (χ0) is 18.5. The van der Waals surface area contributed by atoms with E-state index in [2.05, 4.69) is 4.98 Å². The number of ketones is 1. The van der Waals surface area contributed by atoms with Gasteiger partial charge in [-0.05, 0) is 37.6 Å². The van der Waals surface area contributed by atoms with Crippen molar-refractivity contribution in [2.24, 2.45) is 0 Å². The number of carbonyl (C=O) groups excluding carboxylic acids is 2. The zero-order valence-corrected chi connectivity index (χ0v) is 14.8. The van der Waals surface area contributed by atoms with Gasteiger partial charge in [0.25, 0.3) is 11.5 Å². The molecule has 1 atom stereocenters. The number of likely N-dealkylation sites (tertiary alicyclic amines) is 1. The van der Waals surface area contributed by atoms with E-state index in [0.717, 1.165) is 5.69 Å². The summed E-state index contributed by atoms with van der Waals surface area (Å²) < 4.78 is 6.15. The second-order valence-corrected chi connectivity index (χ2v) is 7.20. The fourth-order valence-electron chi connectivity index (χ4n) is 3.97. The van der Waals surface area contributed by atoms with E-state index in [9.17, 15) is 14.4 Å². The van der Waals surface area contributed by atoms with Crippen molar-refractivity contribution < 1.29 is 14.3 Å². The van der Waals surface area contributed by atoms with E-state index < -0.39 is 5.60 Å². The van der Waals surface area contributed by atoms with Crippen LogP contribution in [-0.2, 0) is 0 Å². The number of carbonyl (C=O) groups is 2. The number of benzene rings is 1. The number of aromatic nitrogens is 1. The Hall–Kier alpha value is -2.89. The molecule has 0 unspecified atom stereocenters. The predicted octanol–water partition coefficient (Wildman–Crippen LogP) is 2.24. The SMILES string of the molecule is Cc1cc(C)c(C(=O)N2CC[C@]3(CC(=O)c4ccccc4O3)C2)c(=O)[nH]1. The van der Waals surface area contributed by atoms with Crippen LogP contribution in [0.15, 0.2) is 35.1 Å². The Morgan fingerprint density at radius 1 is 1.23 bits per heavy atom. The van der Waals surface area contributed by atoms with Crippen LogP contribution in [0.25, 0.3) is 0 Å². The van der Waals surface area contributed by atoms with Crippen molar-refractivity contribution in [3.63, 3.8) is 0 Å². The summed E-state index contributed by atoms with van der Waals surface area (Å²) in [5.74, 6) is 0.295. The standard InChI is InChI=1S/C20H20N2O4/c1-12-9-13(2)21-18(24)17(12)19(25)22-8-7-20(11-22)10-15(23)14-5-3-4-6-16(14)26-20/h3-6,9H,7-8,10-11H2,1-2H3,(H,21,24)/t20-/m0/s1. The molecule has 0 bridgehead atoms. The van der Waals surface area contributed by atoms with Crippen LogP contribution in [0.3, 0.4) is 0 Å². The van der Waals surface area contributed by atoms with Gasteiger partial charge in [0.1, 0.15) is 16.9 Å². The summed E-state index contributed by atoms with van der Waals surface area (Å²) in [4.78, 5) is 42.0. The van der Waals surface area contributed by atoms with Crippen LogP contribution >= 0.6 is 0 Å². The molecule has 1 saturated heterocycles. The fourth-order valence-corrected chi connectivity index (χ4v) is 3.97. The molecule has 2 aliphatic heterocycles. The molecule has 134 valence electrons. The maximum Gasteiger partial charge on any atom is 0.261 e. The number of H-pyrrole nitrogens is 1.